The van der Waals surface area contributed by atoms with Gasteiger partial charge in [0.2, 0.25) is 0 Å². The van der Waals surface area contributed by atoms with Crippen LogP contribution in [0.1, 0.15) is 20.8 Å². The molecule has 0 amide bonds. The van der Waals surface area contributed by atoms with Gasteiger partial charge in [0.05, 0.1) is 0 Å². The van der Waals surface area contributed by atoms with E-state index in [2.05, 4.69) is 121 Å². The fourth-order valence-corrected chi connectivity index (χ4v) is 7.77. The average Bonchev–Trinajstić information content (AvgIpc) is 2.76. The van der Waals surface area contributed by atoms with Crippen molar-refractivity contribution >= 4 is 69.0 Å². The molecule has 0 saturated heterocycles. The Morgan fingerprint density at radius 1 is 0.441 bits per heavy atom. The molecule has 0 aliphatic heterocycles. The standard InChI is InChI=1S/C24H20P.C4H9O.Mo.3S/c1-5-13-21(14-6-1)25(22-15-7-2-8-16-22,23-17-9-3-10-18-23)24-19-11-4-12-20-24;1-4(2,3)5;;;;/h1-20H;1-3H3;;;;/q+1;-1;;3*-2. The molecule has 1 nitrogen and oxygen atoms in total. The Kier molecular flexibility index (Phi) is 17.2. The van der Waals surface area contributed by atoms with Crippen molar-refractivity contribution in [2.24, 2.45) is 0 Å². The molecular weight excluding hydrogens is 575 g/mol. The largest absolute Gasteiger partial charge is 2.00 e. The summed E-state index contributed by atoms with van der Waals surface area (Å²) < 4.78 is 0. The molecule has 4 aromatic carbocycles. The average molecular weight is 605 g/mol. The van der Waals surface area contributed by atoms with E-state index in [1.165, 1.54) is 21.2 Å². The van der Waals surface area contributed by atoms with Crippen molar-refractivity contribution in [1.82, 2.24) is 0 Å². The first-order valence-electron chi connectivity index (χ1n) is 10.2. The maximum atomic E-state index is 10.1. The van der Waals surface area contributed by atoms with Crippen molar-refractivity contribution in [3.05, 3.63) is 121 Å². The molecule has 34 heavy (non-hydrogen) atoms. The predicted molar refractivity (Wildman–Crippen MR) is 153 cm³/mol. The Morgan fingerprint density at radius 3 is 0.735 bits per heavy atom. The molecule has 0 aliphatic carbocycles. The van der Waals surface area contributed by atoms with Gasteiger partial charge in [-0.1, -0.05) is 93.6 Å². The van der Waals surface area contributed by atoms with Gasteiger partial charge in [-0.05, 0) is 48.5 Å². The van der Waals surface area contributed by atoms with Gasteiger partial charge in [0.1, 0.15) is 28.5 Å². The topological polar surface area (TPSA) is 23.1 Å². The van der Waals surface area contributed by atoms with Gasteiger partial charge in [-0.15, -0.1) is 5.60 Å². The van der Waals surface area contributed by atoms with Crippen LogP contribution in [0, 0.1) is 0 Å². The normalized spacial score (nSPS) is 10.0. The Labute approximate surface area is 241 Å². The van der Waals surface area contributed by atoms with E-state index in [1.54, 1.807) is 20.8 Å². The zero-order chi connectivity index (χ0) is 21.5. The van der Waals surface area contributed by atoms with E-state index in [0.717, 1.165) is 0 Å². The van der Waals surface area contributed by atoms with E-state index in [-0.39, 0.29) is 61.6 Å². The first-order valence-corrected chi connectivity index (χ1v) is 12.0. The third kappa shape index (κ3) is 9.23. The minimum absolute atomic E-state index is 0. The molecular formula is C28H29MoOPS3-6. The van der Waals surface area contributed by atoms with E-state index < -0.39 is 12.9 Å². The number of hydrogen-bond acceptors (Lipinski definition) is 1. The second-order valence-corrected chi connectivity index (χ2v) is 11.5. The van der Waals surface area contributed by atoms with Crippen LogP contribution in [0.2, 0.25) is 0 Å². The molecule has 4 aromatic rings. The van der Waals surface area contributed by atoms with Gasteiger partial charge in [-0.2, -0.15) is 0 Å². The first-order chi connectivity index (χ1) is 14.4. The van der Waals surface area contributed by atoms with Gasteiger partial charge in [0.15, 0.2) is 0 Å². The zero-order valence-electron chi connectivity index (χ0n) is 19.5. The molecule has 0 heterocycles. The summed E-state index contributed by atoms with van der Waals surface area (Å²) in [7, 11) is -1.91. The van der Waals surface area contributed by atoms with Crippen molar-refractivity contribution in [1.29, 1.82) is 0 Å². The van der Waals surface area contributed by atoms with Crippen molar-refractivity contribution in [2.75, 3.05) is 0 Å². The molecule has 0 radical (unpaired) electrons. The van der Waals surface area contributed by atoms with Crippen LogP contribution in [0.3, 0.4) is 0 Å². The van der Waals surface area contributed by atoms with Gasteiger partial charge in [0.25, 0.3) is 0 Å². The third-order valence-corrected chi connectivity index (χ3v) is 8.86. The molecule has 182 valence electrons. The van der Waals surface area contributed by atoms with Crippen LogP contribution in [0.15, 0.2) is 121 Å². The Bertz CT molecular complexity index is 859. The van der Waals surface area contributed by atoms with E-state index in [4.69, 9.17) is 0 Å². The van der Waals surface area contributed by atoms with Crippen LogP contribution < -0.4 is 26.3 Å². The van der Waals surface area contributed by atoms with Crippen LogP contribution in [-0.4, -0.2) is 5.60 Å². The van der Waals surface area contributed by atoms with E-state index in [0.29, 0.717) is 0 Å². The summed E-state index contributed by atoms with van der Waals surface area (Å²) >= 11 is 0. The van der Waals surface area contributed by atoms with Crippen molar-refractivity contribution in [2.45, 2.75) is 26.4 Å². The Morgan fingerprint density at radius 2 is 0.588 bits per heavy atom. The van der Waals surface area contributed by atoms with Gasteiger partial charge >= 0.3 is 0 Å². The summed E-state index contributed by atoms with van der Waals surface area (Å²) in [6.45, 7) is 4.90. The molecule has 0 fully saturated rings. The maximum Gasteiger partial charge on any atom is 0.144 e. The SMILES string of the molecule is CC(C)(C)[O-].[Mo].[S-2].[S-2].[S-2].c1ccc([P+](c2ccccc2)(c2ccccc2)c2ccccc2)cc1. The van der Waals surface area contributed by atoms with Crippen LogP contribution in [0.25, 0.3) is 0 Å². The van der Waals surface area contributed by atoms with Crippen LogP contribution in [-0.2, 0) is 61.6 Å². The molecule has 6 heteroatoms. The number of benzene rings is 4. The minimum Gasteiger partial charge on any atom is -2.00 e. The number of hydrogen-bond donors (Lipinski definition) is 0. The van der Waals surface area contributed by atoms with E-state index >= 15 is 0 Å². The van der Waals surface area contributed by atoms with Crippen molar-refractivity contribution < 1.29 is 26.2 Å². The van der Waals surface area contributed by atoms with Crippen molar-refractivity contribution in [3.63, 3.8) is 0 Å². The second-order valence-electron chi connectivity index (χ2n) is 8.13. The second kappa shape index (κ2) is 16.6. The molecule has 0 spiro atoms. The molecule has 0 saturated carbocycles. The molecule has 0 atom stereocenters. The summed E-state index contributed by atoms with van der Waals surface area (Å²) in [6.07, 6.45) is 0. The fraction of sp³-hybridized carbons (Fsp3) is 0.143. The fourth-order valence-electron chi connectivity index (χ4n) is 3.50. The zero-order valence-corrected chi connectivity index (χ0v) is 24.9. The van der Waals surface area contributed by atoms with Crippen LogP contribution in [0.5, 0.6) is 0 Å². The molecule has 0 unspecified atom stereocenters. The minimum atomic E-state index is -1.91. The molecule has 0 bridgehead atoms. The van der Waals surface area contributed by atoms with Gasteiger partial charge < -0.3 is 45.6 Å². The van der Waals surface area contributed by atoms with Gasteiger partial charge in [0, 0.05) is 21.1 Å². The maximum absolute atomic E-state index is 10.1. The van der Waals surface area contributed by atoms with Gasteiger partial charge in [-0.3, -0.25) is 0 Å². The smallest absolute Gasteiger partial charge is 0.144 e. The summed E-state index contributed by atoms with van der Waals surface area (Å²) in [4.78, 5) is 0. The third-order valence-electron chi connectivity index (χ3n) is 4.57. The van der Waals surface area contributed by atoms with E-state index in [1.807, 2.05) is 0 Å². The van der Waals surface area contributed by atoms with Crippen molar-refractivity contribution in [3.8, 4) is 0 Å². The van der Waals surface area contributed by atoms with Crippen LogP contribution >= 0.6 is 7.26 Å². The van der Waals surface area contributed by atoms with E-state index in [9.17, 15) is 5.11 Å². The summed E-state index contributed by atoms with van der Waals surface area (Å²) in [5.41, 5.74) is -0.750. The van der Waals surface area contributed by atoms with Gasteiger partial charge in [-0.25, -0.2) is 0 Å². The summed E-state index contributed by atoms with van der Waals surface area (Å²) in [6, 6.07) is 43.8. The van der Waals surface area contributed by atoms with Crippen LogP contribution in [0.4, 0.5) is 0 Å². The molecule has 4 rings (SSSR count). The molecule has 0 aromatic heterocycles. The molecule has 0 aliphatic rings. The Balaban J connectivity index is 0. The molecule has 0 N–H and O–H groups in total. The quantitative estimate of drug-likeness (QED) is 0.250. The Hall–Kier alpha value is -0.992. The summed E-state index contributed by atoms with van der Waals surface area (Å²) in [5.74, 6) is 0. The first kappa shape index (κ1) is 35.2. The number of rotatable bonds is 4. The predicted octanol–water partition coefficient (Wildman–Crippen LogP) is 4.44. The summed E-state index contributed by atoms with van der Waals surface area (Å²) in [5, 5.41) is 15.7. The monoisotopic (exact) mass is 606 g/mol.